The second-order valence-electron chi connectivity index (χ2n) is 5.31. The number of urea groups is 1. The largest absolute Gasteiger partial charge is 0.324 e. The Morgan fingerprint density at radius 2 is 2.23 bits per heavy atom. The molecule has 116 valence electrons. The van der Waals surface area contributed by atoms with Crippen molar-refractivity contribution in [1.82, 2.24) is 20.1 Å². The first-order chi connectivity index (χ1) is 10.8. The first kappa shape index (κ1) is 14.9. The standard InChI is InChI=1S/C15H19N5OS/c1-2-4-13-18-19-14(22-13)17-15(21)20-10-3-5-12(20)11-6-8-16-9-7-11/h6-9,12H,2-5,10H2,1H3,(H,17,19,21)/t12-/m1/s1. The van der Waals surface area contributed by atoms with Gasteiger partial charge in [-0.2, -0.15) is 0 Å². The van der Waals surface area contributed by atoms with E-state index in [9.17, 15) is 4.79 Å². The summed E-state index contributed by atoms with van der Waals surface area (Å²) in [5.74, 6) is 0. The Labute approximate surface area is 133 Å². The molecular formula is C15H19N5OS. The molecule has 0 unspecified atom stereocenters. The van der Waals surface area contributed by atoms with Gasteiger partial charge in [0.1, 0.15) is 5.01 Å². The predicted octanol–water partition coefficient (Wildman–Crippen LogP) is 3.25. The number of carbonyl (C=O) groups is 1. The highest BCUT2D eigenvalue weighted by Crippen LogP contribution is 2.32. The van der Waals surface area contributed by atoms with Gasteiger partial charge in [0.15, 0.2) is 0 Å². The van der Waals surface area contributed by atoms with Gasteiger partial charge in [0.2, 0.25) is 5.13 Å². The molecule has 0 spiro atoms. The molecule has 7 heteroatoms. The van der Waals surface area contributed by atoms with Crippen molar-refractivity contribution in [1.29, 1.82) is 0 Å². The molecule has 0 bridgehead atoms. The Kier molecular flexibility index (Phi) is 4.62. The first-order valence-corrected chi connectivity index (χ1v) is 8.39. The predicted molar refractivity (Wildman–Crippen MR) is 85.8 cm³/mol. The van der Waals surface area contributed by atoms with Gasteiger partial charge in [0, 0.05) is 25.4 Å². The highest BCUT2D eigenvalue weighted by molar-refractivity contribution is 7.15. The number of carbonyl (C=O) groups excluding carboxylic acids is 1. The fraction of sp³-hybridized carbons (Fsp3) is 0.467. The van der Waals surface area contributed by atoms with E-state index in [-0.39, 0.29) is 12.1 Å². The lowest BCUT2D eigenvalue weighted by atomic mass is 10.1. The van der Waals surface area contributed by atoms with Crippen LogP contribution in [0.15, 0.2) is 24.5 Å². The third-order valence-corrected chi connectivity index (χ3v) is 4.65. The van der Waals surface area contributed by atoms with E-state index in [0.29, 0.717) is 5.13 Å². The van der Waals surface area contributed by atoms with Crippen molar-refractivity contribution >= 4 is 22.5 Å². The van der Waals surface area contributed by atoms with Crippen LogP contribution >= 0.6 is 11.3 Å². The minimum absolute atomic E-state index is 0.0986. The van der Waals surface area contributed by atoms with Crippen molar-refractivity contribution in [2.75, 3.05) is 11.9 Å². The third-order valence-electron chi connectivity index (χ3n) is 3.75. The van der Waals surface area contributed by atoms with Gasteiger partial charge >= 0.3 is 6.03 Å². The van der Waals surface area contributed by atoms with E-state index in [1.165, 1.54) is 11.3 Å². The number of nitrogens with one attached hydrogen (secondary N) is 1. The number of hydrogen-bond donors (Lipinski definition) is 1. The lowest BCUT2D eigenvalue weighted by Crippen LogP contribution is -2.34. The van der Waals surface area contributed by atoms with Crippen LogP contribution < -0.4 is 5.32 Å². The number of rotatable bonds is 4. The van der Waals surface area contributed by atoms with Crippen LogP contribution in [0.1, 0.15) is 42.8 Å². The third kappa shape index (κ3) is 3.24. The van der Waals surface area contributed by atoms with Gasteiger partial charge in [-0.15, -0.1) is 10.2 Å². The molecule has 2 aromatic rings. The minimum Gasteiger partial charge on any atom is -0.317 e. The van der Waals surface area contributed by atoms with Crippen molar-refractivity contribution in [2.45, 2.75) is 38.6 Å². The first-order valence-electron chi connectivity index (χ1n) is 7.58. The van der Waals surface area contributed by atoms with Gasteiger partial charge in [-0.3, -0.25) is 10.3 Å². The number of nitrogens with zero attached hydrogens (tertiary/aromatic N) is 4. The maximum absolute atomic E-state index is 12.5. The summed E-state index contributed by atoms with van der Waals surface area (Å²) in [5.41, 5.74) is 1.13. The van der Waals surface area contributed by atoms with Gasteiger partial charge < -0.3 is 4.90 Å². The molecule has 1 aliphatic rings. The topological polar surface area (TPSA) is 71.0 Å². The summed E-state index contributed by atoms with van der Waals surface area (Å²) in [5, 5.41) is 12.6. The Morgan fingerprint density at radius 3 is 3.00 bits per heavy atom. The Hall–Kier alpha value is -2.02. The maximum Gasteiger partial charge on any atom is 0.324 e. The maximum atomic E-state index is 12.5. The van der Waals surface area contributed by atoms with Crippen LogP contribution in [0.4, 0.5) is 9.93 Å². The van der Waals surface area contributed by atoms with Crippen LogP contribution in [0.5, 0.6) is 0 Å². The number of hydrogen-bond acceptors (Lipinski definition) is 5. The van der Waals surface area contributed by atoms with Crippen molar-refractivity contribution in [3.8, 4) is 0 Å². The van der Waals surface area contributed by atoms with E-state index in [1.54, 1.807) is 12.4 Å². The number of aromatic nitrogens is 3. The summed E-state index contributed by atoms with van der Waals surface area (Å²) in [4.78, 5) is 18.4. The SMILES string of the molecule is CCCc1nnc(NC(=O)N2CCC[C@@H]2c2ccncc2)s1. The molecule has 2 amide bonds. The van der Waals surface area contributed by atoms with Crippen LogP contribution in [-0.4, -0.2) is 32.7 Å². The van der Waals surface area contributed by atoms with E-state index in [4.69, 9.17) is 0 Å². The zero-order valence-corrected chi connectivity index (χ0v) is 13.3. The highest BCUT2D eigenvalue weighted by Gasteiger charge is 2.30. The molecule has 1 aliphatic heterocycles. The molecule has 2 aromatic heterocycles. The van der Waals surface area contributed by atoms with E-state index < -0.39 is 0 Å². The van der Waals surface area contributed by atoms with Crippen LogP contribution in [0.25, 0.3) is 0 Å². The molecule has 3 heterocycles. The van der Waals surface area contributed by atoms with E-state index in [2.05, 4.69) is 27.4 Å². The second-order valence-corrected chi connectivity index (χ2v) is 6.38. The summed E-state index contributed by atoms with van der Waals surface area (Å²) >= 11 is 1.45. The Morgan fingerprint density at radius 1 is 1.41 bits per heavy atom. The van der Waals surface area contributed by atoms with Gasteiger partial charge in [-0.05, 0) is 37.0 Å². The number of anilines is 1. The molecule has 1 N–H and O–H groups in total. The average Bonchev–Trinajstić information content (AvgIpc) is 3.18. The van der Waals surface area contributed by atoms with Crippen LogP contribution in [0, 0.1) is 0 Å². The quantitative estimate of drug-likeness (QED) is 0.939. The summed E-state index contributed by atoms with van der Waals surface area (Å²) < 4.78 is 0. The van der Waals surface area contributed by atoms with Crippen LogP contribution in [0.3, 0.4) is 0 Å². The van der Waals surface area contributed by atoms with E-state index in [0.717, 1.165) is 42.8 Å². The van der Waals surface area contributed by atoms with Gasteiger partial charge in [0.05, 0.1) is 6.04 Å². The molecule has 3 rings (SSSR count). The number of aryl methyl sites for hydroxylation is 1. The zero-order valence-electron chi connectivity index (χ0n) is 12.5. The van der Waals surface area contributed by atoms with Gasteiger partial charge in [-0.25, -0.2) is 4.79 Å². The number of amides is 2. The van der Waals surface area contributed by atoms with E-state index >= 15 is 0 Å². The Balaban J connectivity index is 1.68. The fourth-order valence-electron chi connectivity index (χ4n) is 2.72. The normalized spacial score (nSPS) is 17.7. The van der Waals surface area contributed by atoms with Crippen LogP contribution in [0.2, 0.25) is 0 Å². The Bertz CT molecular complexity index is 630. The summed E-state index contributed by atoms with van der Waals surface area (Å²) in [6, 6.07) is 3.96. The van der Waals surface area contributed by atoms with Gasteiger partial charge in [0.25, 0.3) is 0 Å². The molecular weight excluding hydrogens is 298 g/mol. The molecule has 1 fully saturated rings. The van der Waals surface area contributed by atoms with Crippen molar-refractivity contribution in [3.05, 3.63) is 35.1 Å². The monoisotopic (exact) mass is 317 g/mol. The molecule has 0 radical (unpaired) electrons. The molecule has 0 aliphatic carbocycles. The molecule has 1 atom stereocenters. The summed E-state index contributed by atoms with van der Waals surface area (Å²) in [6.45, 7) is 2.86. The van der Waals surface area contributed by atoms with Crippen molar-refractivity contribution in [3.63, 3.8) is 0 Å². The summed E-state index contributed by atoms with van der Waals surface area (Å²) in [6.07, 6.45) is 7.46. The zero-order chi connectivity index (χ0) is 15.4. The number of likely N-dealkylation sites (tertiary alicyclic amines) is 1. The highest BCUT2D eigenvalue weighted by atomic mass is 32.1. The molecule has 6 nitrogen and oxygen atoms in total. The van der Waals surface area contributed by atoms with Gasteiger partial charge in [-0.1, -0.05) is 18.3 Å². The lowest BCUT2D eigenvalue weighted by Gasteiger charge is -2.24. The molecule has 0 aromatic carbocycles. The second kappa shape index (κ2) is 6.83. The molecule has 1 saturated heterocycles. The van der Waals surface area contributed by atoms with E-state index in [1.807, 2.05) is 17.0 Å². The molecule has 22 heavy (non-hydrogen) atoms. The van der Waals surface area contributed by atoms with Crippen LogP contribution in [-0.2, 0) is 6.42 Å². The number of pyridine rings is 1. The molecule has 0 saturated carbocycles. The van der Waals surface area contributed by atoms with Crippen molar-refractivity contribution in [2.24, 2.45) is 0 Å². The average molecular weight is 317 g/mol. The summed E-state index contributed by atoms with van der Waals surface area (Å²) in [7, 11) is 0. The minimum atomic E-state index is -0.0986. The lowest BCUT2D eigenvalue weighted by molar-refractivity contribution is 0.207. The van der Waals surface area contributed by atoms with Crippen molar-refractivity contribution < 1.29 is 4.79 Å². The fourth-order valence-corrected chi connectivity index (χ4v) is 3.56. The smallest absolute Gasteiger partial charge is 0.317 e.